The van der Waals surface area contributed by atoms with Gasteiger partial charge in [-0.3, -0.25) is 5.21 Å². The quantitative estimate of drug-likeness (QED) is 0.458. The third kappa shape index (κ3) is 3.71. The van der Waals surface area contributed by atoms with Crippen LogP contribution in [0.15, 0.2) is 64.9 Å². The lowest BCUT2D eigenvalue weighted by Crippen LogP contribution is -2.35. The Bertz CT molecular complexity index is 1080. The van der Waals surface area contributed by atoms with Crippen LogP contribution in [-0.4, -0.2) is 26.7 Å². The van der Waals surface area contributed by atoms with E-state index in [1.54, 1.807) is 23.6 Å². The van der Waals surface area contributed by atoms with Crippen LogP contribution in [-0.2, 0) is 10.0 Å². The fourth-order valence-electron chi connectivity index (χ4n) is 2.72. The predicted molar refractivity (Wildman–Crippen MR) is 105 cm³/mol. The molecule has 0 radical (unpaired) electrons. The van der Waals surface area contributed by atoms with Crippen LogP contribution in [0, 0.1) is 0 Å². The van der Waals surface area contributed by atoms with Crippen molar-refractivity contribution in [1.29, 1.82) is 0 Å². The molecule has 0 fully saturated rings. The van der Waals surface area contributed by atoms with Gasteiger partial charge in [-0.05, 0) is 11.6 Å². The highest BCUT2D eigenvalue weighted by Gasteiger charge is 2.25. The van der Waals surface area contributed by atoms with Gasteiger partial charge >= 0.3 is 6.03 Å². The second kappa shape index (κ2) is 7.49. The molecule has 1 heterocycles. The number of primary sulfonamides is 1. The Morgan fingerprint density at radius 1 is 1.07 bits per heavy atom. The molecule has 0 bridgehead atoms. The van der Waals surface area contributed by atoms with Gasteiger partial charge in [0.05, 0.1) is 4.90 Å². The number of hydroxylamine groups is 1. The number of thiophene rings is 1. The van der Waals surface area contributed by atoms with Gasteiger partial charge < -0.3 is 5.32 Å². The highest BCUT2D eigenvalue weighted by atomic mass is 32.2. The number of carbonyl (C=O) groups is 1. The lowest BCUT2D eigenvalue weighted by atomic mass is 9.98. The van der Waals surface area contributed by atoms with Crippen molar-refractivity contribution in [2.45, 2.75) is 4.90 Å². The second-order valence-corrected chi connectivity index (χ2v) is 7.99. The summed E-state index contributed by atoms with van der Waals surface area (Å²) in [4.78, 5) is 11.9. The van der Waals surface area contributed by atoms with E-state index < -0.39 is 16.1 Å². The first kappa shape index (κ1) is 19.1. The van der Waals surface area contributed by atoms with Crippen LogP contribution in [0.1, 0.15) is 0 Å². The highest BCUT2D eigenvalue weighted by Crippen LogP contribution is 2.45. The smallest absolute Gasteiger partial charge is 0.339 e. The van der Waals surface area contributed by atoms with E-state index in [-0.39, 0.29) is 9.90 Å². The summed E-state index contributed by atoms with van der Waals surface area (Å²) in [7, 11) is -2.56. The highest BCUT2D eigenvalue weighted by molar-refractivity contribution is 7.89. The molecular weight excluding hydrogens is 386 g/mol. The maximum Gasteiger partial charge on any atom is 0.346 e. The van der Waals surface area contributed by atoms with Gasteiger partial charge in [0, 0.05) is 29.1 Å². The molecule has 0 unspecified atom stereocenters. The van der Waals surface area contributed by atoms with Crippen LogP contribution < -0.4 is 15.5 Å². The van der Waals surface area contributed by atoms with Gasteiger partial charge in [-0.1, -0.05) is 48.5 Å². The molecule has 0 atom stereocenters. The largest absolute Gasteiger partial charge is 0.346 e. The molecular formula is C18H17N3O4S2. The normalized spacial score (nSPS) is 11.2. The van der Waals surface area contributed by atoms with E-state index in [2.05, 4.69) is 5.32 Å². The molecule has 9 heteroatoms. The SMILES string of the molecule is CNC(=O)N(O)c1scc(-c2ccccc2S(N)(=O)=O)c1-c1ccccc1. The van der Waals surface area contributed by atoms with Gasteiger partial charge in [-0.15, -0.1) is 11.3 Å². The minimum atomic E-state index is -3.96. The van der Waals surface area contributed by atoms with Crippen LogP contribution in [0.3, 0.4) is 0 Å². The number of amides is 2. The van der Waals surface area contributed by atoms with E-state index in [1.165, 1.54) is 13.1 Å². The third-order valence-corrected chi connectivity index (χ3v) is 5.84. The molecule has 0 saturated heterocycles. The number of nitrogens with one attached hydrogen (secondary N) is 1. The van der Waals surface area contributed by atoms with E-state index in [0.717, 1.165) is 16.9 Å². The maximum atomic E-state index is 12.0. The molecule has 0 aliphatic rings. The van der Waals surface area contributed by atoms with E-state index in [0.29, 0.717) is 21.8 Å². The van der Waals surface area contributed by atoms with Crippen LogP contribution >= 0.6 is 11.3 Å². The van der Waals surface area contributed by atoms with Gasteiger partial charge in [0.15, 0.2) is 0 Å². The molecule has 27 heavy (non-hydrogen) atoms. The van der Waals surface area contributed by atoms with E-state index in [1.807, 2.05) is 30.3 Å². The molecule has 140 valence electrons. The first-order chi connectivity index (χ1) is 12.8. The molecule has 0 saturated carbocycles. The summed E-state index contributed by atoms with van der Waals surface area (Å²) < 4.78 is 24.1. The molecule has 7 nitrogen and oxygen atoms in total. The minimum Gasteiger partial charge on any atom is -0.339 e. The first-order valence-corrected chi connectivity index (χ1v) is 10.3. The fraction of sp³-hybridized carbons (Fsp3) is 0.0556. The Hall–Kier alpha value is -2.72. The second-order valence-electron chi connectivity index (χ2n) is 5.60. The Labute approximate surface area is 160 Å². The maximum absolute atomic E-state index is 12.0. The molecule has 4 N–H and O–H groups in total. The summed E-state index contributed by atoms with van der Waals surface area (Å²) in [6.45, 7) is 0. The Kier molecular flexibility index (Phi) is 5.29. The van der Waals surface area contributed by atoms with Gasteiger partial charge in [0.2, 0.25) is 10.0 Å². The molecule has 3 rings (SSSR count). The lowest BCUT2D eigenvalue weighted by molar-refractivity contribution is 0.207. The van der Waals surface area contributed by atoms with Gasteiger partial charge in [-0.2, -0.15) is 5.06 Å². The van der Waals surface area contributed by atoms with E-state index >= 15 is 0 Å². The average Bonchev–Trinajstić information content (AvgIpc) is 3.11. The number of carbonyl (C=O) groups excluding carboxylic acids is 1. The number of nitrogens with two attached hydrogens (primary N) is 1. The van der Waals surface area contributed by atoms with Crippen molar-refractivity contribution >= 4 is 32.4 Å². The van der Waals surface area contributed by atoms with Gasteiger partial charge in [-0.25, -0.2) is 18.4 Å². The fourth-order valence-corrected chi connectivity index (χ4v) is 4.48. The Morgan fingerprint density at radius 2 is 1.70 bits per heavy atom. The number of hydrogen-bond donors (Lipinski definition) is 3. The van der Waals surface area contributed by atoms with Crippen molar-refractivity contribution < 1.29 is 18.4 Å². The summed E-state index contributed by atoms with van der Waals surface area (Å²) in [6.07, 6.45) is 0. The zero-order chi connectivity index (χ0) is 19.6. The van der Waals surface area contributed by atoms with Crippen molar-refractivity contribution in [2.75, 3.05) is 12.1 Å². The van der Waals surface area contributed by atoms with Crippen molar-refractivity contribution in [1.82, 2.24) is 5.32 Å². The standard InChI is InChI=1S/C18H17N3O4S2/c1-20-18(22)21(23)17-16(12-7-3-2-4-8-12)14(11-26-17)13-9-5-6-10-15(13)27(19,24)25/h2-11,23H,1H3,(H,20,22)(H2,19,24,25). The van der Waals surface area contributed by atoms with Crippen molar-refractivity contribution in [3.05, 3.63) is 60.0 Å². The molecule has 0 aliphatic carbocycles. The molecule has 0 aliphatic heterocycles. The summed E-state index contributed by atoms with van der Waals surface area (Å²) in [5.41, 5.74) is 2.19. The molecule has 2 amide bonds. The number of nitrogens with zero attached hydrogens (tertiary/aromatic N) is 1. The summed E-state index contributed by atoms with van der Waals surface area (Å²) in [5.74, 6) is 0. The molecule has 1 aromatic heterocycles. The number of hydrogen-bond acceptors (Lipinski definition) is 5. The van der Waals surface area contributed by atoms with Crippen molar-refractivity contribution in [2.24, 2.45) is 5.14 Å². The number of anilines is 1. The lowest BCUT2D eigenvalue weighted by Gasteiger charge is -2.16. The van der Waals surface area contributed by atoms with Crippen LogP contribution in [0.2, 0.25) is 0 Å². The van der Waals surface area contributed by atoms with E-state index in [4.69, 9.17) is 5.14 Å². The first-order valence-electron chi connectivity index (χ1n) is 7.84. The Balaban J connectivity index is 2.31. The third-order valence-electron chi connectivity index (χ3n) is 3.92. The molecule has 2 aromatic carbocycles. The zero-order valence-corrected chi connectivity index (χ0v) is 15.9. The van der Waals surface area contributed by atoms with E-state index in [9.17, 15) is 18.4 Å². The van der Waals surface area contributed by atoms with Crippen molar-refractivity contribution in [3.63, 3.8) is 0 Å². The van der Waals surface area contributed by atoms with Gasteiger partial charge in [0.25, 0.3) is 0 Å². The Morgan fingerprint density at radius 3 is 2.33 bits per heavy atom. The predicted octanol–water partition coefficient (Wildman–Crippen LogP) is 3.26. The topological polar surface area (TPSA) is 113 Å². The summed E-state index contributed by atoms with van der Waals surface area (Å²) >= 11 is 1.12. The average molecular weight is 403 g/mol. The van der Waals surface area contributed by atoms with Gasteiger partial charge in [0.1, 0.15) is 5.00 Å². The van der Waals surface area contributed by atoms with Crippen LogP contribution in [0.4, 0.5) is 9.80 Å². The number of sulfonamides is 1. The summed E-state index contributed by atoms with van der Waals surface area (Å²) in [6, 6.07) is 14.7. The minimum absolute atomic E-state index is 0.0315. The molecule has 0 spiro atoms. The monoisotopic (exact) mass is 403 g/mol. The number of benzene rings is 2. The number of rotatable bonds is 4. The summed E-state index contributed by atoms with van der Waals surface area (Å²) in [5, 5.41) is 20.5. The van der Waals surface area contributed by atoms with Crippen LogP contribution in [0.5, 0.6) is 0 Å². The zero-order valence-electron chi connectivity index (χ0n) is 14.3. The molecule has 3 aromatic rings. The van der Waals surface area contributed by atoms with Crippen LogP contribution in [0.25, 0.3) is 22.3 Å². The number of urea groups is 1. The van der Waals surface area contributed by atoms with Crippen molar-refractivity contribution in [3.8, 4) is 22.3 Å².